The molecule has 0 saturated heterocycles. The van der Waals surface area contributed by atoms with Crippen LogP contribution in [0, 0.1) is 23.3 Å². The van der Waals surface area contributed by atoms with E-state index in [9.17, 15) is 62.7 Å². The molecule has 0 spiro atoms. The minimum atomic E-state index is -4.86. The van der Waals surface area contributed by atoms with Crippen molar-refractivity contribution in [3.63, 3.8) is 0 Å². The zero-order valence-corrected chi connectivity index (χ0v) is 37.2. The molecule has 14 nitrogen and oxygen atoms in total. The number of ether oxygens (including phenoxy) is 2. The van der Waals surface area contributed by atoms with E-state index in [1.165, 1.54) is 48.5 Å². The van der Waals surface area contributed by atoms with E-state index in [2.05, 4.69) is 20.1 Å². The highest BCUT2D eigenvalue weighted by atomic mass is 32.2. The van der Waals surface area contributed by atoms with Gasteiger partial charge in [0, 0.05) is 49.4 Å². The van der Waals surface area contributed by atoms with Crippen LogP contribution in [0.15, 0.2) is 109 Å². The van der Waals surface area contributed by atoms with E-state index >= 15 is 0 Å². The molecule has 0 bridgehead atoms. The van der Waals surface area contributed by atoms with Gasteiger partial charge in [-0.15, -0.1) is 0 Å². The lowest BCUT2D eigenvalue weighted by molar-refractivity contribution is -0.126. The predicted octanol–water partition coefficient (Wildman–Crippen LogP) is 6.88. The second-order valence-electron chi connectivity index (χ2n) is 15.1. The summed E-state index contributed by atoms with van der Waals surface area (Å²) in [6, 6.07) is 16.9. The van der Waals surface area contributed by atoms with Crippen molar-refractivity contribution in [2.75, 3.05) is 44.6 Å². The molecule has 5 aromatic carbocycles. The number of anilines is 4. The Bertz CT molecular complexity index is 2550. The Morgan fingerprint density at radius 2 is 0.884 bits per heavy atom. The lowest BCUT2D eigenvalue weighted by Crippen LogP contribution is -2.54. The summed E-state index contributed by atoms with van der Waals surface area (Å²) in [7, 11) is -4.86. The highest BCUT2D eigenvalue weighted by molar-refractivity contribution is 7.94. The normalized spacial score (nSPS) is 13.7. The first kappa shape index (κ1) is 51.0. The van der Waals surface area contributed by atoms with E-state index < -0.39 is 108 Å². The van der Waals surface area contributed by atoms with Crippen molar-refractivity contribution in [1.29, 1.82) is 0 Å². The molecule has 69 heavy (non-hydrogen) atoms. The van der Waals surface area contributed by atoms with Crippen molar-refractivity contribution in [3.8, 4) is 11.5 Å². The molecule has 4 amide bonds. The first-order chi connectivity index (χ1) is 32.7. The Kier molecular flexibility index (Phi) is 16.3. The van der Waals surface area contributed by atoms with E-state index in [4.69, 9.17) is 0 Å². The van der Waals surface area contributed by atoms with Crippen LogP contribution in [0.4, 0.5) is 57.9 Å². The number of para-hydroxylation sites is 2. The highest BCUT2D eigenvalue weighted by Crippen LogP contribution is 2.40. The summed E-state index contributed by atoms with van der Waals surface area (Å²) in [5.41, 5.74) is -0.0303. The Morgan fingerprint density at radius 1 is 0.551 bits per heavy atom. The maximum atomic E-state index is 14.3. The molecule has 0 fully saturated rings. The summed E-state index contributed by atoms with van der Waals surface area (Å²) in [5, 5.41) is 4.90. The van der Waals surface area contributed by atoms with Crippen LogP contribution in [-0.4, -0.2) is 83.5 Å². The largest absolute Gasteiger partial charge is 0.435 e. The van der Waals surface area contributed by atoms with Crippen molar-refractivity contribution in [2.45, 2.75) is 52.0 Å². The smallest absolute Gasteiger partial charge is 0.387 e. The minimum absolute atomic E-state index is 0.0587. The zero-order valence-electron chi connectivity index (χ0n) is 36.4. The van der Waals surface area contributed by atoms with Crippen LogP contribution >= 0.6 is 0 Å². The summed E-state index contributed by atoms with van der Waals surface area (Å²) in [4.78, 5) is 58.4. The highest BCUT2D eigenvalue weighted by Gasteiger charge is 2.43. The molecular weight excluding hydrogens is 949 g/mol. The van der Waals surface area contributed by atoms with Crippen molar-refractivity contribution >= 4 is 56.6 Å². The topological polar surface area (TPSA) is 158 Å². The number of amides is 4. The third kappa shape index (κ3) is 12.8. The van der Waals surface area contributed by atoms with Gasteiger partial charge in [-0.3, -0.25) is 19.2 Å². The molecule has 23 heteroatoms. The first-order valence-electron chi connectivity index (χ1n) is 20.9. The summed E-state index contributed by atoms with van der Waals surface area (Å²) >= 11 is 0. The molecule has 2 N–H and O–H groups in total. The van der Waals surface area contributed by atoms with Gasteiger partial charge in [0.1, 0.15) is 59.9 Å². The quantitative estimate of drug-likeness (QED) is 0.0800. The molecule has 0 unspecified atom stereocenters. The molecular formula is C46H42F8N6O8S. The number of nitrogens with one attached hydrogen (secondary N) is 2. The summed E-state index contributed by atoms with van der Waals surface area (Å²) in [6.45, 7) is -5.30. The van der Waals surface area contributed by atoms with Crippen molar-refractivity contribution < 1.29 is 72.2 Å². The standard InChI is InChI=1S/C46H42F8N6O8S/c1-3-57(33-9-13-35(14-10-33)67-45(51)52)43(63)37(21-27-17-29(47)23-30(48)18-27)55-41(61)25-59-39-7-5-6-8-40(39)60(69(59,65)66)26-42(62)56-38(22-28-19-31(49)24-32(50)20-28)44(64)58(4-2)34-11-15-36(16-12-34)68-46(53)54/h5-20,23-24,37-38,45-46H,3-4,21-22,25-26H2,1-2H3,(H,55,61)(H,56,62)/t37-,38-/m0/s1. The van der Waals surface area contributed by atoms with Crippen LogP contribution in [0.2, 0.25) is 0 Å². The van der Waals surface area contributed by atoms with Gasteiger partial charge in [-0.2, -0.15) is 26.0 Å². The Balaban J connectivity index is 1.24. The second kappa shape index (κ2) is 22.1. The number of alkyl halides is 4. The van der Waals surface area contributed by atoms with Gasteiger partial charge < -0.3 is 29.9 Å². The Morgan fingerprint density at radius 3 is 1.19 bits per heavy atom. The van der Waals surface area contributed by atoms with Gasteiger partial charge in [0.15, 0.2) is 0 Å². The fourth-order valence-electron chi connectivity index (χ4n) is 7.58. The van der Waals surface area contributed by atoms with Crippen molar-refractivity contribution in [2.24, 2.45) is 0 Å². The molecule has 2 atom stereocenters. The predicted molar refractivity (Wildman–Crippen MR) is 236 cm³/mol. The number of carbonyl (C=O) groups is 4. The van der Waals surface area contributed by atoms with Crippen molar-refractivity contribution in [1.82, 2.24) is 10.6 Å². The molecule has 0 aromatic heterocycles. The monoisotopic (exact) mass is 990 g/mol. The van der Waals surface area contributed by atoms with Crippen LogP contribution in [0.25, 0.3) is 0 Å². The maximum absolute atomic E-state index is 14.3. The SMILES string of the molecule is CCN(C(=O)[C@H](Cc1cc(F)cc(F)c1)NC(=O)CN1c2ccccc2N(CC(=O)N[C@@H](Cc2cc(F)cc(F)c2)C(=O)N(CC)c2ccc(OC(F)F)cc2)S1(=O)=O)c1ccc(OC(F)F)cc1. The van der Waals surface area contributed by atoms with Gasteiger partial charge in [-0.25, -0.2) is 26.2 Å². The lowest BCUT2D eigenvalue weighted by Gasteiger charge is -2.29. The number of fused-ring (bicyclic) bond motifs is 1. The molecule has 5 aromatic rings. The number of likely N-dealkylation sites (N-methyl/N-ethyl adjacent to an activating group) is 2. The lowest BCUT2D eigenvalue weighted by atomic mass is 10.0. The van der Waals surface area contributed by atoms with Gasteiger partial charge in [-0.1, -0.05) is 12.1 Å². The Labute approximate surface area is 390 Å². The minimum Gasteiger partial charge on any atom is -0.435 e. The van der Waals surface area contributed by atoms with Crippen molar-refractivity contribution in [3.05, 3.63) is 144 Å². The summed E-state index contributed by atoms with van der Waals surface area (Å²) in [6.07, 6.45) is -1.01. The van der Waals surface area contributed by atoms with Gasteiger partial charge in [-0.05, 0) is 110 Å². The fraction of sp³-hybridized carbons (Fsp3) is 0.261. The third-order valence-electron chi connectivity index (χ3n) is 10.5. The van der Waals surface area contributed by atoms with Crippen LogP contribution < -0.4 is 38.5 Å². The number of hydrogen-bond acceptors (Lipinski definition) is 8. The zero-order chi connectivity index (χ0) is 50.2. The van der Waals surface area contributed by atoms with E-state index in [-0.39, 0.29) is 58.5 Å². The van der Waals surface area contributed by atoms with Crippen LogP contribution in [0.3, 0.4) is 0 Å². The molecule has 1 heterocycles. The second-order valence-corrected chi connectivity index (χ2v) is 16.9. The number of nitrogens with zero attached hydrogens (tertiary/aromatic N) is 4. The third-order valence-corrected chi connectivity index (χ3v) is 12.2. The molecule has 0 saturated carbocycles. The average Bonchev–Trinajstić information content (AvgIpc) is 3.47. The number of benzene rings is 5. The molecule has 0 radical (unpaired) electrons. The van der Waals surface area contributed by atoms with Crippen LogP contribution in [-0.2, 0) is 42.2 Å². The number of carbonyl (C=O) groups excluding carboxylic acids is 4. The van der Waals surface area contributed by atoms with E-state index in [0.717, 1.165) is 58.3 Å². The fourth-order valence-corrected chi connectivity index (χ4v) is 9.18. The van der Waals surface area contributed by atoms with Gasteiger partial charge in [0.2, 0.25) is 23.6 Å². The first-order valence-corrected chi connectivity index (χ1v) is 22.3. The number of hydrogen-bond donors (Lipinski definition) is 2. The number of halogens is 8. The van der Waals surface area contributed by atoms with Gasteiger partial charge in [0.25, 0.3) is 0 Å². The van der Waals surface area contributed by atoms with Crippen LogP contribution in [0.5, 0.6) is 11.5 Å². The van der Waals surface area contributed by atoms with E-state index in [1.807, 2.05) is 0 Å². The average molecular weight is 991 g/mol. The maximum Gasteiger partial charge on any atom is 0.387 e. The van der Waals surface area contributed by atoms with Gasteiger partial charge in [0.05, 0.1) is 11.4 Å². The molecule has 366 valence electrons. The summed E-state index contributed by atoms with van der Waals surface area (Å²) < 4.78 is 147. The molecule has 1 aliphatic rings. The van der Waals surface area contributed by atoms with Crippen LogP contribution in [0.1, 0.15) is 25.0 Å². The molecule has 6 rings (SSSR count). The summed E-state index contributed by atoms with van der Waals surface area (Å²) in [5.74, 6) is -8.29. The Hall–Kier alpha value is -7.43. The van der Waals surface area contributed by atoms with Gasteiger partial charge >= 0.3 is 23.4 Å². The number of rotatable bonds is 20. The molecule has 0 aliphatic carbocycles. The molecule has 1 aliphatic heterocycles. The van der Waals surface area contributed by atoms with E-state index in [1.54, 1.807) is 13.8 Å². The van der Waals surface area contributed by atoms with E-state index in [0.29, 0.717) is 20.7 Å².